The second-order valence-electron chi connectivity index (χ2n) is 6.82. The second-order valence-corrected chi connectivity index (χ2v) is 6.82. The van der Waals surface area contributed by atoms with Crippen LogP contribution in [-0.4, -0.2) is 48.6 Å². The van der Waals surface area contributed by atoms with Gasteiger partial charge >= 0.3 is 0 Å². The molecule has 4 heteroatoms. The average Bonchev–Trinajstić information content (AvgIpc) is 2.99. The fourth-order valence-electron chi connectivity index (χ4n) is 3.63. The molecule has 0 amide bonds. The van der Waals surface area contributed by atoms with Crippen LogP contribution < -0.4 is 10.2 Å². The zero-order valence-electron chi connectivity index (χ0n) is 13.5. The quantitative estimate of drug-likeness (QED) is 0.927. The number of anilines is 2. The first-order valence-electron chi connectivity index (χ1n) is 8.32. The van der Waals surface area contributed by atoms with Gasteiger partial charge in [-0.2, -0.15) is 0 Å². The first-order valence-corrected chi connectivity index (χ1v) is 8.32. The minimum absolute atomic E-state index is 0.543. The van der Waals surface area contributed by atoms with Crippen LogP contribution in [0.25, 0.3) is 0 Å². The Morgan fingerprint density at radius 1 is 1.24 bits per heavy atom. The van der Waals surface area contributed by atoms with Crippen molar-refractivity contribution in [2.24, 2.45) is 5.92 Å². The van der Waals surface area contributed by atoms with Crippen LogP contribution >= 0.6 is 0 Å². The van der Waals surface area contributed by atoms with Crippen LogP contribution in [-0.2, 0) is 0 Å². The molecule has 3 rings (SSSR count). The standard InChI is InChI=1S/C17H28N4/c1-13-12-20(3)14(2)11-16(13)19-15-7-6-8-18-17(15)21-9-4-5-10-21/h6-8,13-14,16,19H,4-5,9-12H2,1-3H3. The molecule has 3 atom stereocenters. The first kappa shape index (κ1) is 14.6. The Kier molecular flexibility index (Phi) is 4.34. The Balaban J connectivity index is 1.75. The lowest BCUT2D eigenvalue weighted by molar-refractivity contribution is 0.145. The van der Waals surface area contributed by atoms with Gasteiger partial charge in [0.25, 0.3) is 0 Å². The molecule has 1 N–H and O–H groups in total. The van der Waals surface area contributed by atoms with E-state index in [0.717, 1.165) is 25.5 Å². The van der Waals surface area contributed by atoms with Crippen LogP contribution in [0.4, 0.5) is 11.5 Å². The van der Waals surface area contributed by atoms with Crippen molar-refractivity contribution in [2.75, 3.05) is 36.9 Å². The molecule has 0 aromatic carbocycles. The summed E-state index contributed by atoms with van der Waals surface area (Å²) in [4.78, 5) is 9.53. The number of rotatable bonds is 3. The smallest absolute Gasteiger partial charge is 0.151 e. The van der Waals surface area contributed by atoms with E-state index in [1.165, 1.54) is 24.9 Å². The minimum atomic E-state index is 0.543. The predicted octanol–water partition coefficient (Wildman–Crippen LogP) is 2.82. The largest absolute Gasteiger partial charge is 0.379 e. The van der Waals surface area contributed by atoms with Gasteiger partial charge in [-0.1, -0.05) is 6.92 Å². The van der Waals surface area contributed by atoms with Gasteiger partial charge in [-0.15, -0.1) is 0 Å². The Labute approximate surface area is 128 Å². The fraction of sp³-hybridized carbons (Fsp3) is 0.706. The number of pyridine rings is 1. The maximum Gasteiger partial charge on any atom is 0.151 e. The number of hydrogen-bond acceptors (Lipinski definition) is 4. The van der Waals surface area contributed by atoms with Crippen LogP contribution in [0.15, 0.2) is 18.3 Å². The van der Waals surface area contributed by atoms with Crippen LogP contribution in [0.5, 0.6) is 0 Å². The first-order chi connectivity index (χ1) is 10.1. The summed E-state index contributed by atoms with van der Waals surface area (Å²) in [6.07, 6.45) is 5.70. The van der Waals surface area contributed by atoms with Crippen LogP contribution in [0.2, 0.25) is 0 Å². The Hall–Kier alpha value is -1.29. The summed E-state index contributed by atoms with van der Waals surface area (Å²) >= 11 is 0. The van der Waals surface area contributed by atoms with Crippen molar-refractivity contribution in [2.45, 2.75) is 45.2 Å². The van der Waals surface area contributed by atoms with Crippen molar-refractivity contribution in [3.63, 3.8) is 0 Å². The molecule has 116 valence electrons. The SMILES string of the molecule is CC1CN(C)C(C)CC1Nc1cccnc1N1CCCC1. The van der Waals surface area contributed by atoms with Gasteiger partial charge < -0.3 is 15.1 Å². The van der Waals surface area contributed by atoms with E-state index < -0.39 is 0 Å². The summed E-state index contributed by atoms with van der Waals surface area (Å²) in [5.74, 6) is 1.81. The van der Waals surface area contributed by atoms with E-state index in [2.05, 4.69) is 47.1 Å². The highest BCUT2D eigenvalue weighted by atomic mass is 15.2. The minimum Gasteiger partial charge on any atom is -0.379 e. The van der Waals surface area contributed by atoms with E-state index in [1.54, 1.807) is 0 Å². The van der Waals surface area contributed by atoms with Crippen molar-refractivity contribution in [1.82, 2.24) is 9.88 Å². The van der Waals surface area contributed by atoms with Gasteiger partial charge in [0.2, 0.25) is 0 Å². The van der Waals surface area contributed by atoms with Crippen molar-refractivity contribution >= 4 is 11.5 Å². The number of aromatic nitrogens is 1. The molecule has 0 bridgehead atoms. The summed E-state index contributed by atoms with van der Waals surface area (Å²) in [5.41, 5.74) is 1.22. The van der Waals surface area contributed by atoms with Crippen molar-refractivity contribution in [3.8, 4) is 0 Å². The highest BCUT2D eigenvalue weighted by Crippen LogP contribution is 2.30. The van der Waals surface area contributed by atoms with Crippen molar-refractivity contribution < 1.29 is 0 Å². The molecule has 0 radical (unpaired) electrons. The summed E-state index contributed by atoms with van der Waals surface area (Å²) < 4.78 is 0. The lowest BCUT2D eigenvalue weighted by atomic mass is 9.89. The third-order valence-corrected chi connectivity index (χ3v) is 5.14. The summed E-state index contributed by atoms with van der Waals surface area (Å²) in [5, 5.41) is 3.80. The maximum atomic E-state index is 4.64. The molecule has 4 nitrogen and oxygen atoms in total. The number of likely N-dealkylation sites (tertiary alicyclic amines) is 1. The molecule has 3 heterocycles. The lowest BCUT2D eigenvalue weighted by Crippen LogP contribution is -2.48. The molecule has 0 saturated carbocycles. The van der Waals surface area contributed by atoms with Gasteiger partial charge in [0.15, 0.2) is 5.82 Å². The molecule has 2 fully saturated rings. The molecule has 1 aromatic rings. The van der Waals surface area contributed by atoms with E-state index in [-0.39, 0.29) is 0 Å². The summed E-state index contributed by atoms with van der Waals surface area (Å²) in [6, 6.07) is 5.42. The Bertz CT molecular complexity index is 470. The number of nitrogens with one attached hydrogen (secondary N) is 1. The van der Waals surface area contributed by atoms with Crippen molar-refractivity contribution in [1.29, 1.82) is 0 Å². The van der Waals surface area contributed by atoms with E-state index >= 15 is 0 Å². The fourth-order valence-corrected chi connectivity index (χ4v) is 3.63. The maximum absolute atomic E-state index is 4.64. The zero-order valence-corrected chi connectivity index (χ0v) is 13.5. The average molecular weight is 288 g/mol. The predicted molar refractivity (Wildman–Crippen MR) is 89.0 cm³/mol. The molecule has 0 aliphatic carbocycles. The zero-order chi connectivity index (χ0) is 14.8. The van der Waals surface area contributed by atoms with Gasteiger partial charge in [-0.05, 0) is 51.3 Å². The normalized spacial score (nSPS) is 30.6. The molecule has 0 spiro atoms. The molecule has 2 saturated heterocycles. The molecule has 1 aromatic heterocycles. The van der Waals surface area contributed by atoms with Gasteiger partial charge in [-0.3, -0.25) is 0 Å². The third kappa shape index (κ3) is 3.15. The van der Waals surface area contributed by atoms with Crippen LogP contribution in [0, 0.1) is 5.92 Å². The molecule has 2 aliphatic rings. The Morgan fingerprint density at radius 3 is 2.76 bits per heavy atom. The molecule has 21 heavy (non-hydrogen) atoms. The van der Waals surface area contributed by atoms with Crippen LogP contribution in [0.1, 0.15) is 33.1 Å². The van der Waals surface area contributed by atoms with Crippen molar-refractivity contribution in [3.05, 3.63) is 18.3 Å². The Morgan fingerprint density at radius 2 is 2.00 bits per heavy atom. The highest BCUT2D eigenvalue weighted by Gasteiger charge is 2.29. The van der Waals surface area contributed by atoms with E-state index in [0.29, 0.717) is 18.0 Å². The lowest BCUT2D eigenvalue weighted by Gasteiger charge is -2.40. The number of hydrogen-bond donors (Lipinski definition) is 1. The third-order valence-electron chi connectivity index (χ3n) is 5.14. The second kappa shape index (κ2) is 6.22. The highest BCUT2D eigenvalue weighted by molar-refractivity contribution is 5.66. The molecule has 2 aliphatic heterocycles. The van der Waals surface area contributed by atoms with Gasteiger partial charge in [0.05, 0.1) is 5.69 Å². The summed E-state index contributed by atoms with van der Waals surface area (Å²) in [6.45, 7) is 8.13. The van der Waals surface area contributed by atoms with E-state index in [9.17, 15) is 0 Å². The van der Waals surface area contributed by atoms with E-state index in [1.807, 2.05) is 12.3 Å². The van der Waals surface area contributed by atoms with E-state index in [4.69, 9.17) is 0 Å². The monoisotopic (exact) mass is 288 g/mol. The van der Waals surface area contributed by atoms with Gasteiger partial charge in [0.1, 0.15) is 0 Å². The number of piperidine rings is 1. The topological polar surface area (TPSA) is 31.4 Å². The summed E-state index contributed by atoms with van der Waals surface area (Å²) in [7, 11) is 2.23. The molecular weight excluding hydrogens is 260 g/mol. The van der Waals surface area contributed by atoms with Gasteiger partial charge in [0, 0.05) is 37.9 Å². The molecule has 3 unspecified atom stereocenters. The molecular formula is C17H28N4. The van der Waals surface area contributed by atoms with Gasteiger partial charge in [-0.25, -0.2) is 4.98 Å². The van der Waals surface area contributed by atoms with Crippen LogP contribution in [0.3, 0.4) is 0 Å². The number of nitrogens with zero attached hydrogens (tertiary/aromatic N) is 3.